The van der Waals surface area contributed by atoms with Gasteiger partial charge < -0.3 is 5.11 Å². The quantitative estimate of drug-likeness (QED) is 0.407. The molecule has 1 nitrogen and oxygen atoms in total. The van der Waals surface area contributed by atoms with Crippen molar-refractivity contribution in [3.63, 3.8) is 0 Å². The van der Waals surface area contributed by atoms with Crippen LogP contribution >= 0.6 is 17.0 Å². The van der Waals surface area contributed by atoms with Gasteiger partial charge in [0.05, 0.1) is 6.10 Å². The van der Waals surface area contributed by atoms with Crippen LogP contribution in [0.5, 0.6) is 0 Å². The molecule has 0 saturated heterocycles. The number of hydrogen-bond donors (Lipinski definition) is 1. The second kappa shape index (κ2) is 8.97. The fraction of sp³-hybridized carbons (Fsp3) is 0.926. The zero-order chi connectivity index (χ0) is 20.1. The Morgan fingerprint density at radius 1 is 1.00 bits per heavy atom. The Morgan fingerprint density at radius 2 is 1.76 bits per heavy atom. The Labute approximate surface area is 191 Å². The SMILES string of the molecule is Br.CC(C)CCC[C@@H](C)[C@H]1CC[C@H]2[C@@H]3CC=C4C[C@@H](O)CC[C@]4(C)[C@H]3CC[C@]12C. The van der Waals surface area contributed by atoms with Crippen LogP contribution in [0.2, 0.25) is 0 Å². The molecule has 1 N–H and O–H groups in total. The maximum atomic E-state index is 10.2. The largest absolute Gasteiger partial charge is 0.393 e. The molecule has 4 aliphatic rings. The van der Waals surface area contributed by atoms with Gasteiger partial charge in [-0.2, -0.15) is 0 Å². The van der Waals surface area contributed by atoms with Crippen LogP contribution < -0.4 is 0 Å². The van der Waals surface area contributed by atoms with Crippen molar-refractivity contribution in [2.75, 3.05) is 0 Å². The van der Waals surface area contributed by atoms with Gasteiger partial charge in [-0.1, -0.05) is 65.5 Å². The predicted octanol–water partition coefficient (Wildman–Crippen LogP) is 7.97. The van der Waals surface area contributed by atoms with Crippen molar-refractivity contribution in [3.8, 4) is 0 Å². The minimum absolute atomic E-state index is 0. The molecular weight excluding hydrogens is 420 g/mol. The van der Waals surface area contributed by atoms with Crippen molar-refractivity contribution in [2.24, 2.45) is 46.3 Å². The van der Waals surface area contributed by atoms with Gasteiger partial charge in [-0.05, 0) is 97.7 Å². The summed E-state index contributed by atoms with van der Waals surface area (Å²) in [4.78, 5) is 0. The van der Waals surface area contributed by atoms with Crippen LogP contribution in [0, 0.1) is 46.3 Å². The first kappa shape index (κ1) is 23.8. The molecule has 0 aromatic heterocycles. The smallest absolute Gasteiger partial charge is 0.0577 e. The topological polar surface area (TPSA) is 20.2 Å². The highest BCUT2D eigenvalue weighted by Gasteiger charge is 2.59. The molecule has 0 aromatic rings. The lowest BCUT2D eigenvalue weighted by molar-refractivity contribution is -0.0573. The van der Waals surface area contributed by atoms with E-state index in [1.807, 2.05) is 0 Å². The van der Waals surface area contributed by atoms with Crippen LogP contribution in [0.25, 0.3) is 0 Å². The number of allylic oxidation sites excluding steroid dienone is 1. The van der Waals surface area contributed by atoms with E-state index in [-0.39, 0.29) is 23.1 Å². The van der Waals surface area contributed by atoms with Gasteiger partial charge in [0.25, 0.3) is 0 Å². The molecule has 4 rings (SSSR count). The number of rotatable bonds is 5. The Hall–Kier alpha value is 0.180. The molecule has 0 unspecified atom stereocenters. The van der Waals surface area contributed by atoms with E-state index in [0.29, 0.717) is 10.8 Å². The number of hydrogen-bond acceptors (Lipinski definition) is 1. The van der Waals surface area contributed by atoms with E-state index in [1.54, 1.807) is 5.57 Å². The number of halogens is 1. The van der Waals surface area contributed by atoms with Crippen molar-refractivity contribution < 1.29 is 5.11 Å². The average molecular weight is 468 g/mol. The first-order chi connectivity index (χ1) is 13.3. The van der Waals surface area contributed by atoms with Crippen molar-refractivity contribution in [1.29, 1.82) is 0 Å². The van der Waals surface area contributed by atoms with Crippen LogP contribution in [0.1, 0.15) is 105 Å². The highest BCUT2D eigenvalue weighted by Crippen LogP contribution is 2.67. The molecule has 0 radical (unpaired) electrons. The first-order valence-electron chi connectivity index (χ1n) is 12.6. The lowest BCUT2D eigenvalue weighted by Crippen LogP contribution is -2.50. The summed E-state index contributed by atoms with van der Waals surface area (Å²) < 4.78 is 0. The van der Waals surface area contributed by atoms with Gasteiger partial charge in [-0.15, -0.1) is 17.0 Å². The second-order valence-electron chi connectivity index (χ2n) is 12.2. The fourth-order valence-electron chi connectivity index (χ4n) is 8.67. The number of aliphatic hydroxyl groups is 1. The first-order valence-corrected chi connectivity index (χ1v) is 12.6. The zero-order valence-electron chi connectivity index (χ0n) is 19.8. The van der Waals surface area contributed by atoms with Crippen LogP contribution in [0.3, 0.4) is 0 Å². The van der Waals surface area contributed by atoms with Gasteiger partial charge in [0.15, 0.2) is 0 Å². The van der Waals surface area contributed by atoms with E-state index < -0.39 is 0 Å². The van der Waals surface area contributed by atoms with E-state index in [0.717, 1.165) is 48.3 Å². The van der Waals surface area contributed by atoms with Gasteiger partial charge in [-0.25, -0.2) is 0 Å². The normalized spacial score (nSPS) is 44.9. The molecule has 0 spiro atoms. The highest BCUT2D eigenvalue weighted by atomic mass is 79.9. The molecule has 168 valence electrons. The molecule has 0 aliphatic heterocycles. The summed E-state index contributed by atoms with van der Waals surface area (Å²) in [6.45, 7) is 12.6. The Kier molecular flexibility index (Phi) is 7.37. The molecule has 8 atom stereocenters. The third-order valence-corrected chi connectivity index (χ3v) is 10.3. The third kappa shape index (κ3) is 4.15. The van der Waals surface area contributed by atoms with Crippen molar-refractivity contribution in [1.82, 2.24) is 0 Å². The van der Waals surface area contributed by atoms with E-state index in [4.69, 9.17) is 0 Å². The predicted molar refractivity (Wildman–Crippen MR) is 129 cm³/mol. The van der Waals surface area contributed by atoms with Crippen molar-refractivity contribution >= 4 is 17.0 Å². The van der Waals surface area contributed by atoms with E-state index in [9.17, 15) is 5.11 Å². The molecule has 0 heterocycles. The van der Waals surface area contributed by atoms with E-state index in [2.05, 4.69) is 40.7 Å². The Bertz CT molecular complexity index is 597. The van der Waals surface area contributed by atoms with E-state index in [1.165, 1.54) is 57.8 Å². The van der Waals surface area contributed by atoms with Gasteiger partial charge in [-0.3, -0.25) is 0 Å². The summed E-state index contributed by atoms with van der Waals surface area (Å²) in [5.41, 5.74) is 2.60. The molecule has 0 aromatic carbocycles. The molecular formula is C27H47BrO. The average Bonchev–Trinajstić information content (AvgIpc) is 2.99. The van der Waals surface area contributed by atoms with Crippen LogP contribution in [-0.4, -0.2) is 11.2 Å². The summed E-state index contributed by atoms with van der Waals surface area (Å²) in [6.07, 6.45) is 17.2. The summed E-state index contributed by atoms with van der Waals surface area (Å²) >= 11 is 0. The number of fused-ring (bicyclic) bond motifs is 5. The van der Waals surface area contributed by atoms with Crippen LogP contribution in [0.15, 0.2) is 11.6 Å². The minimum atomic E-state index is -0.0766. The van der Waals surface area contributed by atoms with Crippen LogP contribution in [0.4, 0.5) is 0 Å². The number of aliphatic hydroxyl groups excluding tert-OH is 1. The maximum absolute atomic E-state index is 10.2. The molecule has 2 heteroatoms. The maximum Gasteiger partial charge on any atom is 0.0577 e. The zero-order valence-corrected chi connectivity index (χ0v) is 21.5. The van der Waals surface area contributed by atoms with Gasteiger partial charge in [0, 0.05) is 0 Å². The summed E-state index contributed by atoms with van der Waals surface area (Å²) in [6, 6.07) is 0. The van der Waals surface area contributed by atoms with Crippen molar-refractivity contribution in [3.05, 3.63) is 11.6 Å². The summed E-state index contributed by atoms with van der Waals surface area (Å²) in [7, 11) is 0. The van der Waals surface area contributed by atoms with Gasteiger partial charge >= 0.3 is 0 Å². The lowest BCUT2D eigenvalue weighted by Gasteiger charge is -2.58. The molecule has 0 amide bonds. The van der Waals surface area contributed by atoms with Gasteiger partial charge in [0.2, 0.25) is 0 Å². The Balaban J connectivity index is 0.00000240. The second-order valence-corrected chi connectivity index (χ2v) is 12.2. The lowest BCUT2D eigenvalue weighted by atomic mass is 9.47. The van der Waals surface area contributed by atoms with Crippen LogP contribution in [-0.2, 0) is 0 Å². The third-order valence-electron chi connectivity index (χ3n) is 10.3. The molecule has 0 bridgehead atoms. The summed E-state index contributed by atoms with van der Waals surface area (Å²) in [5.74, 6) is 5.46. The Morgan fingerprint density at radius 3 is 2.48 bits per heavy atom. The molecule has 29 heavy (non-hydrogen) atoms. The molecule has 3 fully saturated rings. The summed E-state index contributed by atoms with van der Waals surface area (Å²) in [5, 5.41) is 10.2. The minimum Gasteiger partial charge on any atom is -0.393 e. The fourth-order valence-corrected chi connectivity index (χ4v) is 8.67. The van der Waals surface area contributed by atoms with E-state index >= 15 is 0 Å². The standard InChI is InChI=1S/C27H46O.BrH/c1-18(2)7-6-8-19(3)23-11-12-24-22-10-9-20-17-21(28)13-15-26(20,4)25(22)14-16-27(23,24)5;/h9,18-19,21-25,28H,6-8,10-17H2,1-5H3;1H/t19-,21+,22+,23-,24+,25+,26+,27-;/m1./s1. The highest BCUT2D eigenvalue weighted by molar-refractivity contribution is 8.93. The molecule has 4 aliphatic carbocycles. The van der Waals surface area contributed by atoms with Crippen molar-refractivity contribution in [2.45, 2.75) is 111 Å². The monoisotopic (exact) mass is 466 g/mol. The van der Waals surface area contributed by atoms with Gasteiger partial charge in [0.1, 0.15) is 0 Å². The molecule has 3 saturated carbocycles.